The molecule has 1 aliphatic rings. The first kappa shape index (κ1) is 14.4. The van der Waals surface area contributed by atoms with Gasteiger partial charge in [-0.3, -0.25) is 9.69 Å². The zero-order valence-corrected chi connectivity index (χ0v) is 11.0. The quantitative estimate of drug-likeness (QED) is 0.689. The molecule has 2 N–H and O–H groups in total. The summed E-state index contributed by atoms with van der Waals surface area (Å²) in [4.78, 5) is 13.7. The molecular weight excluding hydrogens is 220 g/mol. The maximum atomic E-state index is 11.6. The molecule has 1 saturated heterocycles. The highest BCUT2D eigenvalue weighted by atomic mass is 16.5. The van der Waals surface area contributed by atoms with Crippen molar-refractivity contribution in [1.82, 2.24) is 10.2 Å². The summed E-state index contributed by atoms with van der Waals surface area (Å²) in [5.41, 5.74) is 0. The third-order valence-corrected chi connectivity index (χ3v) is 2.90. The molecule has 100 valence electrons. The Kier molecular flexibility index (Phi) is 5.88. The van der Waals surface area contributed by atoms with Gasteiger partial charge in [0.2, 0.25) is 5.91 Å². The molecule has 0 bridgehead atoms. The van der Waals surface area contributed by atoms with Crippen LogP contribution in [0.2, 0.25) is 0 Å². The standard InChI is InChI=1S/C12H24N2O3/c1-4-11-12(16)13-5-6-14(11)7-10(15)8-17-9(2)3/h9-11,15H,4-8H2,1-3H3,(H,13,16). The lowest BCUT2D eigenvalue weighted by atomic mass is 10.1. The van der Waals surface area contributed by atoms with Gasteiger partial charge in [-0.05, 0) is 20.3 Å². The zero-order chi connectivity index (χ0) is 12.8. The van der Waals surface area contributed by atoms with Gasteiger partial charge in [0.25, 0.3) is 0 Å². The number of carbonyl (C=O) groups is 1. The molecule has 0 aliphatic carbocycles. The Bertz CT molecular complexity index is 246. The molecule has 2 unspecified atom stereocenters. The van der Waals surface area contributed by atoms with E-state index in [2.05, 4.69) is 5.32 Å². The van der Waals surface area contributed by atoms with Crippen LogP contribution in [0.4, 0.5) is 0 Å². The summed E-state index contributed by atoms with van der Waals surface area (Å²) < 4.78 is 5.36. The number of β-amino-alcohol motifs (C(OH)–C–C–N with tert-alkyl or cyclic N) is 1. The highest BCUT2D eigenvalue weighted by molar-refractivity contribution is 5.82. The van der Waals surface area contributed by atoms with Crippen LogP contribution in [0, 0.1) is 0 Å². The fourth-order valence-electron chi connectivity index (χ4n) is 2.05. The monoisotopic (exact) mass is 244 g/mol. The minimum absolute atomic E-state index is 0.0655. The van der Waals surface area contributed by atoms with Crippen molar-refractivity contribution in [3.63, 3.8) is 0 Å². The van der Waals surface area contributed by atoms with Crippen molar-refractivity contribution in [3.8, 4) is 0 Å². The third kappa shape index (κ3) is 4.61. The van der Waals surface area contributed by atoms with Gasteiger partial charge in [0, 0.05) is 19.6 Å². The van der Waals surface area contributed by atoms with Crippen LogP contribution >= 0.6 is 0 Å². The molecule has 0 aromatic rings. The first-order valence-electron chi connectivity index (χ1n) is 6.36. The molecule has 2 atom stereocenters. The molecule has 1 heterocycles. The van der Waals surface area contributed by atoms with Crippen molar-refractivity contribution >= 4 is 5.91 Å². The first-order chi connectivity index (χ1) is 8.04. The molecule has 1 rings (SSSR count). The van der Waals surface area contributed by atoms with Gasteiger partial charge in [0.15, 0.2) is 0 Å². The van der Waals surface area contributed by atoms with E-state index in [0.29, 0.717) is 19.7 Å². The third-order valence-electron chi connectivity index (χ3n) is 2.90. The van der Waals surface area contributed by atoms with E-state index in [1.54, 1.807) is 0 Å². The Balaban J connectivity index is 2.40. The van der Waals surface area contributed by atoms with Gasteiger partial charge in [-0.15, -0.1) is 0 Å². The molecule has 17 heavy (non-hydrogen) atoms. The second-order valence-electron chi connectivity index (χ2n) is 4.75. The molecular formula is C12H24N2O3. The number of ether oxygens (including phenoxy) is 1. The van der Waals surface area contributed by atoms with E-state index < -0.39 is 6.10 Å². The number of aliphatic hydroxyl groups excluding tert-OH is 1. The molecule has 5 nitrogen and oxygen atoms in total. The van der Waals surface area contributed by atoms with E-state index in [0.717, 1.165) is 13.0 Å². The highest BCUT2D eigenvalue weighted by Crippen LogP contribution is 2.09. The number of amides is 1. The highest BCUT2D eigenvalue weighted by Gasteiger charge is 2.29. The summed E-state index contributed by atoms with van der Waals surface area (Å²) in [7, 11) is 0. The number of carbonyl (C=O) groups excluding carboxylic acids is 1. The van der Waals surface area contributed by atoms with Gasteiger partial charge < -0.3 is 15.2 Å². The smallest absolute Gasteiger partial charge is 0.237 e. The minimum Gasteiger partial charge on any atom is -0.389 e. The average molecular weight is 244 g/mol. The number of hydrogen-bond donors (Lipinski definition) is 2. The lowest BCUT2D eigenvalue weighted by Gasteiger charge is -2.35. The van der Waals surface area contributed by atoms with Crippen molar-refractivity contribution in [2.75, 3.05) is 26.2 Å². The normalized spacial score (nSPS) is 23.8. The van der Waals surface area contributed by atoms with Gasteiger partial charge in [-0.1, -0.05) is 6.92 Å². The topological polar surface area (TPSA) is 61.8 Å². The van der Waals surface area contributed by atoms with Crippen LogP contribution in [0.3, 0.4) is 0 Å². The average Bonchev–Trinajstić information content (AvgIpc) is 2.27. The van der Waals surface area contributed by atoms with Gasteiger partial charge in [-0.25, -0.2) is 0 Å². The maximum Gasteiger partial charge on any atom is 0.237 e. The van der Waals surface area contributed by atoms with Crippen LogP contribution in [0.25, 0.3) is 0 Å². The fourth-order valence-corrected chi connectivity index (χ4v) is 2.05. The van der Waals surface area contributed by atoms with Crippen molar-refractivity contribution in [3.05, 3.63) is 0 Å². The molecule has 5 heteroatoms. The van der Waals surface area contributed by atoms with Crippen molar-refractivity contribution < 1.29 is 14.6 Å². The minimum atomic E-state index is -0.530. The van der Waals surface area contributed by atoms with Crippen LogP contribution in [-0.2, 0) is 9.53 Å². The van der Waals surface area contributed by atoms with Crippen LogP contribution < -0.4 is 5.32 Å². The number of piperazine rings is 1. The van der Waals surface area contributed by atoms with Crippen LogP contribution in [-0.4, -0.2) is 60.4 Å². The van der Waals surface area contributed by atoms with E-state index in [4.69, 9.17) is 4.74 Å². The zero-order valence-electron chi connectivity index (χ0n) is 11.0. The summed E-state index contributed by atoms with van der Waals surface area (Å²) in [6.45, 7) is 8.15. The Morgan fingerprint density at radius 1 is 1.59 bits per heavy atom. The largest absolute Gasteiger partial charge is 0.389 e. The molecule has 1 aliphatic heterocycles. The molecule has 0 saturated carbocycles. The van der Waals surface area contributed by atoms with Crippen LogP contribution in [0.5, 0.6) is 0 Å². The van der Waals surface area contributed by atoms with Gasteiger partial charge in [-0.2, -0.15) is 0 Å². The van der Waals surface area contributed by atoms with E-state index in [1.807, 2.05) is 25.7 Å². The molecule has 0 aromatic heterocycles. The van der Waals surface area contributed by atoms with Crippen molar-refractivity contribution in [2.45, 2.75) is 45.4 Å². The SMILES string of the molecule is CCC1C(=O)NCCN1CC(O)COC(C)C. The second kappa shape index (κ2) is 6.93. The van der Waals surface area contributed by atoms with Crippen molar-refractivity contribution in [2.24, 2.45) is 0 Å². The van der Waals surface area contributed by atoms with Crippen LogP contribution in [0.15, 0.2) is 0 Å². The Morgan fingerprint density at radius 2 is 2.29 bits per heavy atom. The molecule has 0 radical (unpaired) electrons. The summed E-state index contributed by atoms with van der Waals surface area (Å²) in [6, 6.07) is -0.113. The molecule has 1 fully saturated rings. The maximum absolute atomic E-state index is 11.6. The second-order valence-corrected chi connectivity index (χ2v) is 4.75. The fraction of sp³-hybridized carbons (Fsp3) is 0.917. The summed E-state index contributed by atoms with van der Waals surface area (Å²) in [6.07, 6.45) is 0.359. The Morgan fingerprint density at radius 3 is 2.88 bits per heavy atom. The summed E-state index contributed by atoms with van der Waals surface area (Å²) in [5.74, 6) is 0.0655. The first-order valence-corrected chi connectivity index (χ1v) is 6.36. The van der Waals surface area contributed by atoms with Crippen molar-refractivity contribution in [1.29, 1.82) is 0 Å². The predicted molar refractivity (Wildman–Crippen MR) is 65.8 cm³/mol. The number of aliphatic hydroxyl groups is 1. The van der Waals surface area contributed by atoms with Gasteiger partial charge >= 0.3 is 0 Å². The van der Waals surface area contributed by atoms with Gasteiger partial charge in [0.1, 0.15) is 0 Å². The van der Waals surface area contributed by atoms with E-state index in [1.165, 1.54) is 0 Å². The van der Waals surface area contributed by atoms with Gasteiger partial charge in [0.05, 0.1) is 24.9 Å². The molecule has 0 aromatic carbocycles. The number of nitrogens with one attached hydrogen (secondary N) is 1. The lowest BCUT2D eigenvalue weighted by Crippen LogP contribution is -2.56. The Labute approximate surface area is 103 Å². The lowest BCUT2D eigenvalue weighted by molar-refractivity contribution is -0.130. The number of nitrogens with zero attached hydrogens (tertiary/aromatic N) is 1. The van der Waals surface area contributed by atoms with E-state index in [9.17, 15) is 9.90 Å². The van der Waals surface area contributed by atoms with E-state index in [-0.39, 0.29) is 18.1 Å². The summed E-state index contributed by atoms with van der Waals surface area (Å²) in [5, 5.41) is 12.7. The summed E-state index contributed by atoms with van der Waals surface area (Å²) >= 11 is 0. The number of rotatable bonds is 6. The Hall–Kier alpha value is -0.650. The molecule has 1 amide bonds. The van der Waals surface area contributed by atoms with Crippen LogP contribution in [0.1, 0.15) is 27.2 Å². The molecule has 0 spiro atoms. The number of hydrogen-bond acceptors (Lipinski definition) is 4. The van der Waals surface area contributed by atoms with E-state index >= 15 is 0 Å². The predicted octanol–water partition coefficient (Wildman–Crippen LogP) is -0.0173.